The summed E-state index contributed by atoms with van der Waals surface area (Å²) in [4.78, 5) is 9.64. The van der Waals surface area contributed by atoms with Crippen LogP contribution in [0.5, 0.6) is 0 Å². The minimum Gasteiger partial charge on any atom is -0.301 e. The lowest BCUT2D eigenvalue weighted by atomic mass is 10.2. The molecule has 1 aliphatic heterocycles. The molecule has 0 bridgehead atoms. The largest absolute Gasteiger partial charge is 0.301 e. The lowest BCUT2D eigenvalue weighted by Gasteiger charge is -2.36. The Morgan fingerprint density at radius 2 is 2.05 bits per heavy atom. The zero-order valence-electron chi connectivity index (χ0n) is 11.9. The summed E-state index contributed by atoms with van der Waals surface area (Å²) in [5.41, 5.74) is 1.02. The Morgan fingerprint density at radius 3 is 2.63 bits per heavy atom. The van der Waals surface area contributed by atoms with E-state index < -0.39 is 0 Å². The average Bonchev–Trinajstić information content (AvgIpc) is 2.87. The van der Waals surface area contributed by atoms with Crippen LogP contribution in [0.3, 0.4) is 0 Å². The van der Waals surface area contributed by atoms with Crippen molar-refractivity contribution in [2.45, 2.75) is 38.6 Å². The van der Waals surface area contributed by atoms with Gasteiger partial charge in [-0.05, 0) is 26.8 Å². The molecule has 0 atom stereocenters. The predicted octanol–water partition coefficient (Wildman–Crippen LogP) is 2.84. The highest BCUT2D eigenvalue weighted by Gasteiger charge is 2.18. The van der Waals surface area contributed by atoms with Crippen molar-refractivity contribution < 1.29 is 0 Å². The van der Waals surface area contributed by atoms with Crippen LogP contribution in [-0.2, 0) is 12.3 Å². The molecule has 2 rings (SSSR count). The maximum absolute atomic E-state index is 5.77. The average molecular weight is 302 g/mol. The summed E-state index contributed by atoms with van der Waals surface area (Å²) in [6.07, 6.45) is 2.29. The van der Waals surface area contributed by atoms with Crippen LogP contribution in [-0.4, -0.2) is 53.5 Å². The first-order valence-corrected chi connectivity index (χ1v) is 8.56. The highest BCUT2D eigenvalue weighted by molar-refractivity contribution is 7.09. The fourth-order valence-electron chi connectivity index (χ4n) is 2.48. The van der Waals surface area contributed by atoms with Crippen LogP contribution in [0.15, 0.2) is 5.38 Å². The van der Waals surface area contributed by atoms with Gasteiger partial charge in [0.05, 0.1) is 16.6 Å². The van der Waals surface area contributed by atoms with Gasteiger partial charge in [-0.2, -0.15) is 0 Å². The molecule has 1 aromatic heterocycles. The van der Waals surface area contributed by atoms with Gasteiger partial charge in [0, 0.05) is 44.0 Å². The topological polar surface area (TPSA) is 19.4 Å². The number of rotatable bonds is 6. The monoisotopic (exact) mass is 301 g/mol. The first-order valence-electron chi connectivity index (χ1n) is 7.14. The third-order valence-electron chi connectivity index (χ3n) is 3.74. The number of alkyl halides is 1. The molecule has 0 spiro atoms. The minimum absolute atomic E-state index is 0.535. The van der Waals surface area contributed by atoms with Gasteiger partial charge in [0.1, 0.15) is 0 Å². The maximum Gasteiger partial charge on any atom is 0.0929 e. The summed E-state index contributed by atoms with van der Waals surface area (Å²) in [7, 11) is 0. The summed E-state index contributed by atoms with van der Waals surface area (Å²) in [6, 6.07) is 0.687. The molecule has 1 saturated heterocycles. The minimum atomic E-state index is 0.535. The zero-order valence-corrected chi connectivity index (χ0v) is 13.5. The second-order valence-corrected chi connectivity index (χ2v) is 6.65. The van der Waals surface area contributed by atoms with E-state index in [0.717, 1.165) is 12.1 Å². The van der Waals surface area contributed by atoms with Crippen LogP contribution in [0.4, 0.5) is 0 Å². The molecular formula is C14H24ClN3S. The zero-order chi connectivity index (χ0) is 13.7. The van der Waals surface area contributed by atoms with Gasteiger partial charge in [-0.25, -0.2) is 4.98 Å². The summed E-state index contributed by atoms with van der Waals surface area (Å²) in [5.74, 6) is 0.535. The van der Waals surface area contributed by atoms with E-state index in [1.165, 1.54) is 44.2 Å². The Bertz CT molecular complexity index is 373. The van der Waals surface area contributed by atoms with Crippen molar-refractivity contribution in [3.8, 4) is 0 Å². The number of halogens is 1. The van der Waals surface area contributed by atoms with E-state index in [9.17, 15) is 0 Å². The molecule has 0 aliphatic carbocycles. The number of aromatic nitrogens is 1. The van der Waals surface area contributed by atoms with Gasteiger partial charge in [0.15, 0.2) is 0 Å². The Balaban J connectivity index is 1.64. The molecule has 1 fully saturated rings. The highest BCUT2D eigenvalue weighted by Crippen LogP contribution is 2.14. The molecule has 0 unspecified atom stereocenters. The van der Waals surface area contributed by atoms with Crippen molar-refractivity contribution in [3.05, 3.63) is 16.1 Å². The van der Waals surface area contributed by atoms with E-state index in [1.54, 1.807) is 11.3 Å². The predicted molar refractivity (Wildman–Crippen MR) is 83.1 cm³/mol. The van der Waals surface area contributed by atoms with Gasteiger partial charge in [-0.3, -0.25) is 4.90 Å². The second-order valence-electron chi connectivity index (χ2n) is 5.44. The van der Waals surface area contributed by atoms with Crippen molar-refractivity contribution in [1.29, 1.82) is 0 Å². The molecule has 2 heterocycles. The second kappa shape index (κ2) is 7.58. The molecule has 1 aliphatic rings. The van der Waals surface area contributed by atoms with E-state index in [0.29, 0.717) is 11.9 Å². The van der Waals surface area contributed by atoms with E-state index >= 15 is 0 Å². The van der Waals surface area contributed by atoms with Crippen molar-refractivity contribution in [2.24, 2.45) is 0 Å². The van der Waals surface area contributed by atoms with Crippen molar-refractivity contribution in [2.75, 3.05) is 32.7 Å². The standard InChI is InChI=1S/C14H24ClN3S/c1-12(2)18-8-6-17(7-9-18)5-3-4-14-16-13(10-15)11-19-14/h11-12H,3-10H2,1-2H3. The lowest BCUT2D eigenvalue weighted by molar-refractivity contribution is 0.108. The molecule has 0 aromatic carbocycles. The van der Waals surface area contributed by atoms with Crippen LogP contribution < -0.4 is 0 Å². The quantitative estimate of drug-likeness (QED) is 0.753. The first-order chi connectivity index (χ1) is 9.19. The Kier molecular flexibility index (Phi) is 6.07. The number of hydrogen-bond donors (Lipinski definition) is 0. The van der Waals surface area contributed by atoms with Crippen LogP contribution in [0.1, 0.15) is 31.0 Å². The molecule has 0 saturated carbocycles. The molecule has 3 nitrogen and oxygen atoms in total. The number of piperazine rings is 1. The fourth-order valence-corrected chi connectivity index (χ4v) is 3.55. The number of nitrogens with zero attached hydrogens (tertiary/aromatic N) is 3. The SMILES string of the molecule is CC(C)N1CCN(CCCc2nc(CCl)cs2)CC1. The van der Waals surface area contributed by atoms with Gasteiger partial charge >= 0.3 is 0 Å². The van der Waals surface area contributed by atoms with Gasteiger partial charge in [0.2, 0.25) is 0 Å². The molecular weight excluding hydrogens is 278 g/mol. The summed E-state index contributed by atoms with van der Waals surface area (Å²) in [5, 5.41) is 3.31. The number of thiazole rings is 1. The third kappa shape index (κ3) is 4.71. The van der Waals surface area contributed by atoms with Crippen LogP contribution in [0.2, 0.25) is 0 Å². The van der Waals surface area contributed by atoms with Crippen LogP contribution >= 0.6 is 22.9 Å². The Morgan fingerprint density at radius 1 is 1.32 bits per heavy atom. The summed E-state index contributed by atoms with van der Waals surface area (Å²) < 4.78 is 0. The maximum atomic E-state index is 5.77. The van der Waals surface area contributed by atoms with Gasteiger partial charge < -0.3 is 4.90 Å². The van der Waals surface area contributed by atoms with Crippen molar-refractivity contribution in [1.82, 2.24) is 14.8 Å². The van der Waals surface area contributed by atoms with Gasteiger partial charge in [0.25, 0.3) is 0 Å². The van der Waals surface area contributed by atoms with Crippen molar-refractivity contribution >= 4 is 22.9 Å². The summed E-state index contributed by atoms with van der Waals surface area (Å²) in [6.45, 7) is 10.6. The Hall–Kier alpha value is -0.160. The fraction of sp³-hybridized carbons (Fsp3) is 0.786. The lowest BCUT2D eigenvalue weighted by Crippen LogP contribution is -2.48. The highest BCUT2D eigenvalue weighted by atomic mass is 35.5. The third-order valence-corrected chi connectivity index (χ3v) is 4.97. The summed E-state index contributed by atoms with van der Waals surface area (Å²) >= 11 is 7.51. The molecule has 1 aromatic rings. The normalized spacial score (nSPS) is 18.3. The van der Waals surface area contributed by atoms with E-state index in [-0.39, 0.29) is 0 Å². The molecule has 5 heteroatoms. The number of aryl methyl sites for hydroxylation is 1. The van der Waals surface area contributed by atoms with E-state index in [4.69, 9.17) is 11.6 Å². The van der Waals surface area contributed by atoms with Gasteiger partial charge in [-0.1, -0.05) is 0 Å². The Labute approximate surface area is 125 Å². The molecule has 108 valence electrons. The van der Waals surface area contributed by atoms with Crippen LogP contribution in [0, 0.1) is 0 Å². The van der Waals surface area contributed by atoms with Crippen LogP contribution in [0.25, 0.3) is 0 Å². The smallest absolute Gasteiger partial charge is 0.0929 e. The number of hydrogen-bond acceptors (Lipinski definition) is 4. The molecule has 0 amide bonds. The van der Waals surface area contributed by atoms with E-state index in [1.807, 2.05) is 0 Å². The molecule has 19 heavy (non-hydrogen) atoms. The molecule has 0 N–H and O–H groups in total. The van der Waals surface area contributed by atoms with E-state index in [2.05, 4.69) is 34.0 Å². The van der Waals surface area contributed by atoms with Crippen molar-refractivity contribution in [3.63, 3.8) is 0 Å². The molecule has 0 radical (unpaired) electrons. The van der Waals surface area contributed by atoms with Gasteiger partial charge in [-0.15, -0.1) is 22.9 Å². The first kappa shape index (κ1) is 15.2.